The highest BCUT2D eigenvalue weighted by molar-refractivity contribution is 5.56. The van der Waals surface area contributed by atoms with E-state index in [4.69, 9.17) is 0 Å². The highest BCUT2D eigenvalue weighted by Crippen LogP contribution is 2.20. The van der Waals surface area contributed by atoms with Gasteiger partial charge in [-0.15, -0.1) is 0 Å². The van der Waals surface area contributed by atoms with E-state index in [1.807, 2.05) is 33.2 Å². The fraction of sp³-hybridized carbons (Fsp3) is 0.417. The maximum atomic E-state index is 4.56. The topological polar surface area (TPSA) is 16.1 Å². The Hall–Kier alpha value is -1.31. The summed E-state index contributed by atoms with van der Waals surface area (Å²) in [6, 6.07) is 2.11. The average molecular weight is 190 g/mol. The van der Waals surface area contributed by atoms with Gasteiger partial charge in [-0.25, -0.2) is 4.98 Å². The Bertz CT molecular complexity index is 352. The van der Waals surface area contributed by atoms with E-state index >= 15 is 0 Å². The second kappa shape index (κ2) is 4.27. The Morgan fingerprint density at radius 2 is 1.93 bits per heavy atom. The fourth-order valence-corrected chi connectivity index (χ4v) is 1.44. The van der Waals surface area contributed by atoms with Gasteiger partial charge in [0.2, 0.25) is 0 Å². The van der Waals surface area contributed by atoms with Crippen LogP contribution in [-0.4, -0.2) is 19.1 Å². The van der Waals surface area contributed by atoms with Crippen molar-refractivity contribution < 1.29 is 0 Å². The lowest BCUT2D eigenvalue weighted by molar-refractivity contribution is 1.03. The Morgan fingerprint density at radius 3 is 2.43 bits per heavy atom. The summed E-state index contributed by atoms with van der Waals surface area (Å²) in [5.41, 5.74) is 3.57. The first kappa shape index (κ1) is 10.8. The lowest BCUT2D eigenvalue weighted by Gasteiger charge is -2.16. The summed E-state index contributed by atoms with van der Waals surface area (Å²) in [6.07, 6.45) is 4.04. The molecule has 2 nitrogen and oxygen atoms in total. The molecule has 0 amide bonds. The van der Waals surface area contributed by atoms with Crippen molar-refractivity contribution in [3.05, 3.63) is 29.0 Å². The minimum Gasteiger partial charge on any atom is -0.362 e. The third-order valence-electron chi connectivity index (χ3n) is 2.29. The van der Waals surface area contributed by atoms with E-state index in [0.717, 1.165) is 11.5 Å². The van der Waals surface area contributed by atoms with Crippen LogP contribution in [0.15, 0.2) is 12.1 Å². The molecule has 76 valence electrons. The van der Waals surface area contributed by atoms with Crippen LogP contribution < -0.4 is 4.90 Å². The first-order chi connectivity index (χ1) is 6.56. The van der Waals surface area contributed by atoms with Crippen molar-refractivity contribution >= 4 is 11.9 Å². The molecule has 0 spiro atoms. The quantitative estimate of drug-likeness (QED) is 0.713. The third-order valence-corrected chi connectivity index (χ3v) is 2.29. The third kappa shape index (κ3) is 2.13. The van der Waals surface area contributed by atoms with Crippen LogP contribution in [0.3, 0.4) is 0 Å². The predicted molar refractivity (Wildman–Crippen MR) is 62.7 cm³/mol. The van der Waals surface area contributed by atoms with Gasteiger partial charge >= 0.3 is 0 Å². The van der Waals surface area contributed by atoms with Crippen LogP contribution in [0.4, 0.5) is 5.82 Å². The minimum absolute atomic E-state index is 1.03. The number of hydrogen-bond donors (Lipinski definition) is 0. The summed E-state index contributed by atoms with van der Waals surface area (Å²) >= 11 is 0. The van der Waals surface area contributed by atoms with E-state index in [9.17, 15) is 0 Å². The normalized spacial score (nSPS) is 10.9. The molecular formula is C12H18N2. The van der Waals surface area contributed by atoms with Crippen LogP contribution >= 0.6 is 0 Å². The van der Waals surface area contributed by atoms with E-state index < -0.39 is 0 Å². The van der Waals surface area contributed by atoms with Crippen molar-refractivity contribution in [2.45, 2.75) is 20.8 Å². The summed E-state index contributed by atoms with van der Waals surface area (Å²) in [7, 11) is 4.04. The van der Waals surface area contributed by atoms with Crippen molar-refractivity contribution in [3.8, 4) is 0 Å². The first-order valence-corrected chi connectivity index (χ1v) is 4.84. The molecule has 0 atom stereocenters. The maximum Gasteiger partial charge on any atom is 0.131 e. The number of anilines is 1. The number of aromatic nitrogens is 1. The predicted octanol–water partition coefficient (Wildman–Crippen LogP) is 2.80. The van der Waals surface area contributed by atoms with Gasteiger partial charge < -0.3 is 4.90 Å². The van der Waals surface area contributed by atoms with Gasteiger partial charge in [-0.3, -0.25) is 0 Å². The molecule has 0 aliphatic heterocycles. The molecule has 2 heteroatoms. The molecule has 0 aliphatic rings. The zero-order valence-electron chi connectivity index (χ0n) is 9.63. The van der Waals surface area contributed by atoms with Crippen LogP contribution in [0.25, 0.3) is 6.08 Å². The minimum atomic E-state index is 1.03. The van der Waals surface area contributed by atoms with Gasteiger partial charge in [-0.05, 0) is 44.0 Å². The Kier molecular flexibility index (Phi) is 3.28. The van der Waals surface area contributed by atoms with E-state index in [1.54, 1.807) is 0 Å². The van der Waals surface area contributed by atoms with Crippen molar-refractivity contribution in [1.82, 2.24) is 4.98 Å². The average Bonchev–Trinajstić information content (AvgIpc) is 2.11. The molecule has 0 N–H and O–H groups in total. The maximum absolute atomic E-state index is 4.56. The Labute approximate surface area is 86.3 Å². The van der Waals surface area contributed by atoms with E-state index in [0.29, 0.717) is 0 Å². The molecular weight excluding hydrogens is 172 g/mol. The second-order valence-corrected chi connectivity index (χ2v) is 3.71. The van der Waals surface area contributed by atoms with E-state index in [-0.39, 0.29) is 0 Å². The summed E-state index contributed by atoms with van der Waals surface area (Å²) < 4.78 is 0. The SMILES string of the molecule is CC=Cc1cc(C)c(C)c(N(C)C)n1. The monoisotopic (exact) mass is 190 g/mol. The fourth-order valence-electron chi connectivity index (χ4n) is 1.44. The molecule has 1 aromatic rings. The highest BCUT2D eigenvalue weighted by Gasteiger charge is 2.06. The number of rotatable bonds is 2. The molecule has 1 rings (SSSR count). The van der Waals surface area contributed by atoms with Gasteiger partial charge in [0.25, 0.3) is 0 Å². The van der Waals surface area contributed by atoms with E-state index in [1.165, 1.54) is 11.1 Å². The highest BCUT2D eigenvalue weighted by atomic mass is 15.1. The van der Waals surface area contributed by atoms with Crippen molar-refractivity contribution in [2.75, 3.05) is 19.0 Å². The summed E-state index contributed by atoms with van der Waals surface area (Å²) in [6.45, 7) is 6.24. The van der Waals surface area contributed by atoms with Crippen LogP contribution in [0.1, 0.15) is 23.7 Å². The van der Waals surface area contributed by atoms with Crippen LogP contribution in [0.5, 0.6) is 0 Å². The first-order valence-electron chi connectivity index (χ1n) is 4.84. The summed E-state index contributed by atoms with van der Waals surface area (Å²) in [4.78, 5) is 6.61. The molecule has 0 aromatic carbocycles. The number of hydrogen-bond acceptors (Lipinski definition) is 2. The Balaban J connectivity index is 3.28. The molecule has 0 saturated carbocycles. The van der Waals surface area contributed by atoms with Gasteiger partial charge in [-0.1, -0.05) is 6.08 Å². The standard InChI is InChI=1S/C12H18N2/c1-6-7-11-8-9(2)10(3)12(13-11)14(4)5/h6-8H,1-5H3. The summed E-state index contributed by atoms with van der Waals surface area (Å²) in [5.74, 6) is 1.05. The molecule has 0 bridgehead atoms. The lowest BCUT2D eigenvalue weighted by atomic mass is 10.1. The van der Waals surface area contributed by atoms with Gasteiger partial charge in [0.1, 0.15) is 5.82 Å². The molecule has 0 fully saturated rings. The molecule has 0 unspecified atom stereocenters. The number of aryl methyl sites for hydroxylation is 1. The van der Waals surface area contributed by atoms with Crippen molar-refractivity contribution in [1.29, 1.82) is 0 Å². The van der Waals surface area contributed by atoms with Gasteiger partial charge in [-0.2, -0.15) is 0 Å². The zero-order valence-corrected chi connectivity index (χ0v) is 9.63. The molecule has 0 aliphatic carbocycles. The van der Waals surface area contributed by atoms with Crippen LogP contribution in [-0.2, 0) is 0 Å². The van der Waals surface area contributed by atoms with Crippen molar-refractivity contribution in [2.24, 2.45) is 0 Å². The second-order valence-electron chi connectivity index (χ2n) is 3.71. The number of pyridine rings is 1. The largest absolute Gasteiger partial charge is 0.362 e. The zero-order chi connectivity index (χ0) is 10.7. The van der Waals surface area contributed by atoms with Crippen molar-refractivity contribution in [3.63, 3.8) is 0 Å². The molecule has 0 saturated heterocycles. The number of nitrogens with zero attached hydrogens (tertiary/aromatic N) is 2. The number of allylic oxidation sites excluding steroid dienone is 1. The molecule has 0 radical (unpaired) electrons. The molecule has 1 heterocycles. The van der Waals surface area contributed by atoms with Crippen LogP contribution in [0.2, 0.25) is 0 Å². The van der Waals surface area contributed by atoms with Crippen LogP contribution in [0, 0.1) is 13.8 Å². The van der Waals surface area contributed by atoms with E-state index in [2.05, 4.69) is 29.8 Å². The smallest absolute Gasteiger partial charge is 0.131 e. The van der Waals surface area contributed by atoms with Gasteiger partial charge in [0, 0.05) is 14.1 Å². The molecule has 14 heavy (non-hydrogen) atoms. The molecule has 1 aromatic heterocycles. The Morgan fingerprint density at radius 1 is 1.29 bits per heavy atom. The summed E-state index contributed by atoms with van der Waals surface area (Å²) in [5, 5.41) is 0. The van der Waals surface area contributed by atoms with Gasteiger partial charge in [0.05, 0.1) is 5.69 Å². The lowest BCUT2D eigenvalue weighted by Crippen LogP contribution is -2.13. The van der Waals surface area contributed by atoms with Gasteiger partial charge in [0.15, 0.2) is 0 Å².